The fraction of sp³-hybridized carbons (Fsp3) is 0.333. The zero-order chi connectivity index (χ0) is 12.3. The second-order valence-corrected chi connectivity index (χ2v) is 4.31. The lowest BCUT2D eigenvalue weighted by Gasteiger charge is -2.15. The molecule has 17 heavy (non-hydrogen) atoms. The van der Waals surface area contributed by atoms with Crippen molar-refractivity contribution in [2.45, 2.75) is 12.3 Å². The van der Waals surface area contributed by atoms with Gasteiger partial charge in [0.05, 0.1) is 6.61 Å². The van der Waals surface area contributed by atoms with Gasteiger partial charge in [0.1, 0.15) is 12.2 Å². The molecule has 1 N–H and O–H groups in total. The first-order valence-corrected chi connectivity index (χ1v) is 5.78. The molecule has 2 aromatic rings. The van der Waals surface area contributed by atoms with Crippen LogP contribution >= 0.6 is 11.6 Å². The fourth-order valence-electron chi connectivity index (χ4n) is 1.80. The van der Waals surface area contributed by atoms with Crippen LogP contribution < -0.4 is 0 Å². The lowest BCUT2D eigenvalue weighted by Crippen LogP contribution is -2.12. The van der Waals surface area contributed by atoms with Gasteiger partial charge in [0.15, 0.2) is 0 Å². The second-order valence-electron chi connectivity index (χ2n) is 3.91. The first-order chi connectivity index (χ1) is 8.22. The number of halogens is 1. The number of nitrogens with zero attached hydrogens (tertiary/aromatic N) is 3. The Balaban J connectivity index is 2.23. The third-order valence-electron chi connectivity index (χ3n) is 2.80. The highest BCUT2D eigenvalue weighted by molar-refractivity contribution is 6.31. The number of hydrogen-bond donors (Lipinski definition) is 1. The molecule has 0 aliphatic rings. The Morgan fingerprint density at radius 1 is 1.41 bits per heavy atom. The van der Waals surface area contributed by atoms with Crippen LogP contribution in [-0.2, 0) is 13.5 Å². The number of benzene rings is 1. The third kappa shape index (κ3) is 2.65. The average Bonchev–Trinajstić information content (AvgIpc) is 2.73. The van der Waals surface area contributed by atoms with Crippen molar-refractivity contribution >= 4 is 11.6 Å². The topological polar surface area (TPSA) is 50.9 Å². The molecule has 1 aromatic heterocycles. The van der Waals surface area contributed by atoms with Gasteiger partial charge < -0.3 is 5.11 Å². The van der Waals surface area contributed by atoms with E-state index in [1.54, 1.807) is 4.68 Å². The van der Waals surface area contributed by atoms with Gasteiger partial charge in [0.25, 0.3) is 0 Å². The van der Waals surface area contributed by atoms with Gasteiger partial charge in [-0.3, -0.25) is 4.68 Å². The molecule has 1 heterocycles. The molecule has 1 unspecified atom stereocenters. The van der Waals surface area contributed by atoms with Crippen molar-refractivity contribution in [1.29, 1.82) is 0 Å². The molecular weight excluding hydrogens is 238 g/mol. The quantitative estimate of drug-likeness (QED) is 0.901. The van der Waals surface area contributed by atoms with Crippen LogP contribution in [0.3, 0.4) is 0 Å². The Labute approximate surface area is 105 Å². The molecule has 0 bridgehead atoms. The van der Waals surface area contributed by atoms with E-state index in [-0.39, 0.29) is 12.5 Å². The standard InChI is InChI=1S/C12H14ClN3O/c1-16-12(14-8-15-16)6-9(7-17)10-4-2-3-5-11(10)13/h2-5,8-9,17H,6-7H2,1H3. The van der Waals surface area contributed by atoms with Crippen LogP contribution in [0, 0.1) is 0 Å². The van der Waals surface area contributed by atoms with E-state index in [1.165, 1.54) is 6.33 Å². The van der Waals surface area contributed by atoms with E-state index < -0.39 is 0 Å². The molecule has 0 saturated carbocycles. The maximum absolute atomic E-state index is 9.48. The Kier molecular flexibility index (Phi) is 3.76. The van der Waals surface area contributed by atoms with Crippen LogP contribution in [-0.4, -0.2) is 26.5 Å². The zero-order valence-electron chi connectivity index (χ0n) is 9.55. The van der Waals surface area contributed by atoms with Gasteiger partial charge in [-0.2, -0.15) is 5.10 Å². The number of aromatic nitrogens is 3. The van der Waals surface area contributed by atoms with E-state index in [4.69, 9.17) is 11.6 Å². The minimum atomic E-state index is -0.0494. The molecular formula is C12H14ClN3O. The van der Waals surface area contributed by atoms with Gasteiger partial charge in [-0.15, -0.1) is 0 Å². The van der Waals surface area contributed by atoms with Crippen molar-refractivity contribution < 1.29 is 5.11 Å². The molecule has 0 fully saturated rings. The predicted molar refractivity (Wildman–Crippen MR) is 66.0 cm³/mol. The van der Waals surface area contributed by atoms with E-state index >= 15 is 0 Å². The summed E-state index contributed by atoms with van der Waals surface area (Å²) >= 11 is 6.12. The van der Waals surface area contributed by atoms with Crippen LogP contribution in [0.4, 0.5) is 0 Å². The van der Waals surface area contributed by atoms with Crippen LogP contribution in [0.1, 0.15) is 17.3 Å². The summed E-state index contributed by atoms with van der Waals surface area (Å²) in [6, 6.07) is 7.55. The number of hydrogen-bond acceptors (Lipinski definition) is 3. The van der Waals surface area contributed by atoms with Gasteiger partial charge in [0, 0.05) is 24.4 Å². The van der Waals surface area contributed by atoms with Gasteiger partial charge >= 0.3 is 0 Å². The fourth-order valence-corrected chi connectivity index (χ4v) is 2.09. The second kappa shape index (κ2) is 5.29. The van der Waals surface area contributed by atoms with Crippen LogP contribution in [0.5, 0.6) is 0 Å². The van der Waals surface area contributed by atoms with Crippen LogP contribution in [0.25, 0.3) is 0 Å². The average molecular weight is 252 g/mol. The Hall–Kier alpha value is -1.39. The molecule has 5 heteroatoms. The first-order valence-electron chi connectivity index (χ1n) is 5.40. The largest absolute Gasteiger partial charge is 0.396 e. The summed E-state index contributed by atoms with van der Waals surface area (Å²) in [6.07, 6.45) is 2.13. The van der Waals surface area contributed by atoms with E-state index in [0.717, 1.165) is 11.4 Å². The Morgan fingerprint density at radius 3 is 2.76 bits per heavy atom. The zero-order valence-corrected chi connectivity index (χ0v) is 10.3. The van der Waals surface area contributed by atoms with Crippen molar-refractivity contribution in [3.8, 4) is 0 Å². The monoisotopic (exact) mass is 251 g/mol. The smallest absolute Gasteiger partial charge is 0.138 e. The van der Waals surface area contributed by atoms with Crippen LogP contribution in [0.2, 0.25) is 5.02 Å². The van der Waals surface area contributed by atoms with E-state index in [0.29, 0.717) is 11.4 Å². The maximum atomic E-state index is 9.48. The number of rotatable bonds is 4. The molecule has 90 valence electrons. The highest BCUT2D eigenvalue weighted by Gasteiger charge is 2.16. The molecule has 0 amide bonds. The van der Waals surface area contributed by atoms with E-state index in [2.05, 4.69) is 10.1 Å². The van der Waals surface area contributed by atoms with E-state index in [9.17, 15) is 5.11 Å². The summed E-state index contributed by atoms with van der Waals surface area (Å²) in [5, 5.41) is 14.2. The molecule has 1 atom stereocenters. The van der Waals surface area contributed by atoms with Crippen molar-refractivity contribution in [2.24, 2.45) is 7.05 Å². The summed E-state index contributed by atoms with van der Waals surface area (Å²) in [5.74, 6) is 0.788. The van der Waals surface area contributed by atoms with Crippen LogP contribution in [0.15, 0.2) is 30.6 Å². The maximum Gasteiger partial charge on any atom is 0.138 e. The molecule has 1 aromatic carbocycles. The van der Waals surface area contributed by atoms with E-state index in [1.807, 2.05) is 31.3 Å². The van der Waals surface area contributed by atoms with Crippen molar-refractivity contribution in [3.63, 3.8) is 0 Å². The summed E-state index contributed by atoms with van der Waals surface area (Å²) < 4.78 is 1.71. The normalized spacial score (nSPS) is 12.6. The number of aryl methyl sites for hydroxylation is 1. The minimum Gasteiger partial charge on any atom is -0.396 e. The lowest BCUT2D eigenvalue weighted by atomic mass is 9.96. The predicted octanol–water partition coefficient (Wildman–Crippen LogP) is 1.79. The highest BCUT2D eigenvalue weighted by Crippen LogP contribution is 2.26. The first kappa shape index (κ1) is 12.1. The SMILES string of the molecule is Cn1ncnc1CC(CO)c1ccccc1Cl. The summed E-state index contributed by atoms with van der Waals surface area (Å²) in [5.41, 5.74) is 0.944. The Bertz CT molecular complexity index is 498. The van der Waals surface area contributed by atoms with Crippen molar-refractivity contribution in [3.05, 3.63) is 47.0 Å². The van der Waals surface area contributed by atoms with Crippen molar-refractivity contribution in [1.82, 2.24) is 14.8 Å². The van der Waals surface area contributed by atoms with Crippen molar-refractivity contribution in [2.75, 3.05) is 6.61 Å². The molecule has 0 aliphatic heterocycles. The lowest BCUT2D eigenvalue weighted by molar-refractivity contribution is 0.262. The number of aliphatic hydroxyl groups is 1. The molecule has 2 rings (SSSR count). The minimum absolute atomic E-state index is 0.0383. The molecule has 0 saturated heterocycles. The summed E-state index contributed by atoms with van der Waals surface area (Å²) in [4.78, 5) is 4.16. The number of aliphatic hydroxyl groups excluding tert-OH is 1. The molecule has 4 nitrogen and oxygen atoms in total. The molecule has 0 radical (unpaired) electrons. The highest BCUT2D eigenvalue weighted by atomic mass is 35.5. The van der Waals surface area contributed by atoms with Gasteiger partial charge in [-0.05, 0) is 11.6 Å². The Morgan fingerprint density at radius 2 is 2.18 bits per heavy atom. The van der Waals surface area contributed by atoms with Gasteiger partial charge in [-0.25, -0.2) is 4.98 Å². The van der Waals surface area contributed by atoms with Gasteiger partial charge in [-0.1, -0.05) is 29.8 Å². The molecule has 0 spiro atoms. The summed E-state index contributed by atoms with van der Waals surface area (Å²) in [7, 11) is 1.84. The third-order valence-corrected chi connectivity index (χ3v) is 3.14. The van der Waals surface area contributed by atoms with Gasteiger partial charge in [0.2, 0.25) is 0 Å². The summed E-state index contributed by atoms with van der Waals surface area (Å²) in [6.45, 7) is 0.0383. The molecule has 0 aliphatic carbocycles.